The van der Waals surface area contributed by atoms with Crippen molar-refractivity contribution in [2.24, 2.45) is 5.92 Å². The van der Waals surface area contributed by atoms with Gasteiger partial charge in [0.05, 0.1) is 31.1 Å². The van der Waals surface area contributed by atoms with E-state index in [9.17, 15) is 13.6 Å². The molecule has 2 N–H and O–H groups in total. The Morgan fingerprint density at radius 2 is 2.15 bits per heavy atom. The second-order valence-electron chi connectivity index (χ2n) is 11.2. The van der Waals surface area contributed by atoms with Crippen molar-refractivity contribution in [1.29, 1.82) is 0 Å². The van der Waals surface area contributed by atoms with Crippen molar-refractivity contribution in [3.05, 3.63) is 40.7 Å². The molecule has 2 atom stereocenters. The van der Waals surface area contributed by atoms with Crippen molar-refractivity contribution < 1.29 is 23.0 Å². The van der Waals surface area contributed by atoms with Gasteiger partial charge in [-0.15, -0.1) is 0 Å². The number of ether oxygens (including phenoxy) is 2. The molecule has 1 saturated heterocycles. The predicted molar refractivity (Wildman–Crippen MR) is 156 cm³/mol. The normalized spacial score (nSPS) is 22.4. The van der Waals surface area contributed by atoms with Crippen LogP contribution in [0.2, 0.25) is 5.02 Å². The van der Waals surface area contributed by atoms with Crippen LogP contribution in [0.15, 0.2) is 30.2 Å². The van der Waals surface area contributed by atoms with E-state index in [0.717, 1.165) is 24.9 Å². The minimum Gasteiger partial charge on any atom is -0.488 e. The van der Waals surface area contributed by atoms with E-state index < -0.39 is 5.92 Å². The monoisotopic (exact) mass is 590 g/mol. The zero-order valence-corrected chi connectivity index (χ0v) is 24.4. The molecule has 2 unspecified atom stereocenters. The molecule has 1 aromatic carbocycles. The topological polar surface area (TPSA) is 91.9 Å². The third kappa shape index (κ3) is 6.51. The van der Waals surface area contributed by atoms with Crippen LogP contribution in [-0.4, -0.2) is 74.7 Å². The van der Waals surface area contributed by atoms with E-state index in [4.69, 9.17) is 26.1 Å². The van der Waals surface area contributed by atoms with Gasteiger partial charge in [-0.05, 0) is 50.3 Å². The zero-order valence-electron chi connectivity index (χ0n) is 23.6. The number of benzene rings is 1. The summed E-state index contributed by atoms with van der Waals surface area (Å²) in [5, 5.41) is 7.03. The van der Waals surface area contributed by atoms with Crippen LogP contribution >= 0.6 is 11.6 Å². The number of anilines is 4. The molecule has 0 spiro atoms. The summed E-state index contributed by atoms with van der Waals surface area (Å²) in [6.07, 6.45) is 4.79. The van der Waals surface area contributed by atoms with Gasteiger partial charge in [0.25, 0.3) is 0 Å². The second kappa shape index (κ2) is 12.4. The fraction of sp³-hybridized carbons (Fsp3) is 0.552. The number of halogens is 3. The Kier molecular flexibility index (Phi) is 8.84. The van der Waals surface area contributed by atoms with Crippen LogP contribution in [0.4, 0.5) is 31.9 Å². The smallest absolute Gasteiger partial charge is 0.248 e. The summed E-state index contributed by atoms with van der Waals surface area (Å²) in [7, 11) is 3.57. The van der Waals surface area contributed by atoms with Gasteiger partial charge in [-0.2, -0.15) is 4.98 Å². The minimum atomic E-state index is -2.59. The number of methoxy groups -OCH3 is 1. The van der Waals surface area contributed by atoms with Crippen LogP contribution in [0.1, 0.15) is 44.6 Å². The van der Waals surface area contributed by atoms with Gasteiger partial charge in [0.15, 0.2) is 17.9 Å². The van der Waals surface area contributed by atoms with Crippen LogP contribution in [0.25, 0.3) is 5.70 Å². The lowest BCUT2D eigenvalue weighted by molar-refractivity contribution is -0.108. The Bertz CT molecular complexity index is 1290. The number of nitrogens with zero attached hydrogens (tertiary/aromatic N) is 4. The van der Waals surface area contributed by atoms with Crippen LogP contribution in [0, 0.1) is 5.92 Å². The number of carbonyl (C=O) groups is 1. The summed E-state index contributed by atoms with van der Waals surface area (Å²) < 4.78 is 38.2. The first-order chi connectivity index (χ1) is 19.7. The van der Waals surface area contributed by atoms with Crippen LogP contribution in [-0.2, 0) is 14.3 Å². The molecule has 41 heavy (non-hydrogen) atoms. The summed E-state index contributed by atoms with van der Waals surface area (Å²) in [4.78, 5) is 25.4. The van der Waals surface area contributed by atoms with E-state index in [2.05, 4.69) is 27.4 Å². The molecule has 3 aliphatic rings. The highest BCUT2D eigenvalue weighted by atomic mass is 35.5. The van der Waals surface area contributed by atoms with E-state index >= 15 is 0 Å². The fourth-order valence-corrected chi connectivity index (χ4v) is 6.13. The zero-order chi connectivity index (χ0) is 29.1. The van der Waals surface area contributed by atoms with Crippen molar-refractivity contribution in [3.8, 4) is 0 Å². The number of rotatable bonds is 10. The number of hydrogen-bond donors (Lipinski definition) is 2. The number of aldehydes is 1. The largest absolute Gasteiger partial charge is 0.488 e. The lowest BCUT2D eigenvalue weighted by Gasteiger charge is -2.38. The van der Waals surface area contributed by atoms with Gasteiger partial charge in [0, 0.05) is 63.1 Å². The Hall–Kier alpha value is -3.18. The van der Waals surface area contributed by atoms with E-state index in [-0.39, 0.29) is 36.6 Å². The maximum absolute atomic E-state index is 13.5. The molecule has 5 rings (SSSR count). The van der Waals surface area contributed by atoms with Gasteiger partial charge in [-0.25, -0.2) is 13.8 Å². The molecule has 0 bridgehead atoms. The first-order valence-corrected chi connectivity index (χ1v) is 14.4. The van der Waals surface area contributed by atoms with Gasteiger partial charge in [-0.1, -0.05) is 11.6 Å². The van der Waals surface area contributed by atoms with Crippen LogP contribution in [0.3, 0.4) is 0 Å². The molecule has 0 amide bonds. The minimum absolute atomic E-state index is 0.105. The molecule has 2 aromatic rings. The van der Waals surface area contributed by atoms with Crippen LogP contribution < -0.4 is 20.4 Å². The average molecular weight is 591 g/mol. The lowest BCUT2D eigenvalue weighted by atomic mass is 9.81. The van der Waals surface area contributed by atoms with Gasteiger partial charge < -0.3 is 29.9 Å². The molecule has 222 valence electrons. The van der Waals surface area contributed by atoms with Gasteiger partial charge in [0.1, 0.15) is 5.02 Å². The fourth-order valence-electron chi connectivity index (χ4n) is 5.99. The summed E-state index contributed by atoms with van der Waals surface area (Å²) in [6.45, 7) is 4.24. The van der Waals surface area contributed by atoms with E-state index in [1.165, 1.54) is 0 Å². The molecular formula is C29H37ClF2N6O3. The third-order valence-electron chi connectivity index (χ3n) is 7.99. The highest BCUT2D eigenvalue weighted by Gasteiger charge is 2.45. The molecule has 2 aliphatic heterocycles. The van der Waals surface area contributed by atoms with E-state index in [0.29, 0.717) is 66.3 Å². The van der Waals surface area contributed by atoms with Crippen molar-refractivity contribution in [3.63, 3.8) is 0 Å². The first kappa shape index (κ1) is 29.3. The SMILES string of the molecule is COCC1CCC(C)N1c1ncc(Cl)c(Nc2ccc(N(C)CC3CC(F)(F)C3)c(C3=C(C=O)OCCCN3)c2)n1. The molecule has 1 aromatic heterocycles. The average Bonchev–Trinajstić information content (AvgIpc) is 3.13. The Balaban J connectivity index is 1.47. The molecular weight excluding hydrogens is 554 g/mol. The molecule has 3 heterocycles. The molecule has 12 heteroatoms. The van der Waals surface area contributed by atoms with Crippen molar-refractivity contribution in [1.82, 2.24) is 15.3 Å². The third-order valence-corrected chi connectivity index (χ3v) is 8.26. The van der Waals surface area contributed by atoms with E-state index in [1.807, 2.05) is 30.1 Å². The van der Waals surface area contributed by atoms with Crippen molar-refractivity contribution in [2.45, 2.75) is 57.0 Å². The van der Waals surface area contributed by atoms with Gasteiger partial charge >= 0.3 is 0 Å². The quantitative estimate of drug-likeness (QED) is 0.361. The number of allylic oxidation sites excluding steroid dienone is 1. The predicted octanol–water partition coefficient (Wildman–Crippen LogP) is 5.24. The Labute approximate surface area is 244 Å². The number of carbonyl (C=O) groups excluding carboxylic acids is 1. The van der Waals surface area contributed by atoms with Crippen molar-refractivity contribution >= 4 is 46.7 Å². The molecule has 2 fully saturated rings. The highest BCUT2D eigenvalue weighted by Crippen LogP contribution is 2.43. The standard InChI is InChI=1S/C29H37ClF2N6O3/c1-18-5-7-21(17-40-3)38(18)28-34-14-23(30)27(36-28)35-20-6-8-24(37(2)15-19-12-29(31,32)13-19)22(11-20)26-25(16-39)41-10-4-9-33-26/h6,8,11,14,16,18-19,21,33H,4-5,7,9-10,12-13,15,17H2,1-3H3,(H,34,35,36). The second-order valence-corrected chi connectivity index (χ2v) is 11.6. The lowest BCUT2D eigenvalue weighted by Crippen LogP contribution is -2.41. The summed E-state index contributed by atoms with van der Waals surface area (Å²) in [5.74, 6) is -1.46. The summed E-state index contributed by atoms with van der Waals surface area (Å²) in [6, 6.07) is 6.12. The number of hydrogen-bond acceptors (Lipinski definition) is 9. The first-order valence-electron chi connectivity index (χ1n) is 14.1. The van der Waals surface area contributed by atoms with E-state index in [1.54, 1.807) is 13.3 Å². The van der Waals surface area contributed by atoms with Crippen LogP contribution in [0.5, 0.6) is 0 Å². The summed E-state index contributed by atoms with van der Waals surface area (Å²) in [5.41, 5.74) is 2.75. The number of aromatic nitrogens is 2. The Morgan fingerprint density at radius 1 is 1.34 bits per heavy atom. The number of nitrogens with one attached hydrogen (secondary N) is 2. The molecule has 1 aliphatic carbocycles. The summed E-state index contributed by atoms with van der Waals surface area (Å²) >= 11 is 6.54. The maximum atomic E-state index is 13.5. The maximum Gasteiger partial charge on any atom is 0.248 e. The van der Waals surface area contributed by atoms with Crippen molar-refractivity contribution in [2.75, 3.05) is 55.6 Å². The molecule has 0 radical (unpaired) electrons. The molecule has 9 nitrogen and oxygen atoms in total. The van der Waals surface area contributed by atoms with Gasteiger partial charge in [0.2, 0.25) is 11.9 Å². The Morgan fingerprint density at radius 3 is 2.88 bits per heavy atom. The highest BCUT2D eigenvalue weighted by molar-refractivity contribution is 6.32. The van der Waals surface area contributed by atoms with Gasteiger partial charge in [-0.3, -0.25) is 4.79 Å². The molecule has 1 saturated carbocycles. The number of alkyl halides is 2.